The van der Waals surface area contributed by atoms with E-state index in [0.717, 1.165) is 37.9 Å². The number of aryl methyl sites for hydroxylation is 1. The summed E-state index contributed by atoms with van der Waals surface area (Å²) in [5.74, 6) is -0.136. The van der Waals surface area contributed by atoms with E-state index in [2.05, 4.69) is 16.3 Å². The molecular formula is C20H21N3OS. The molecule has 2 aliphatic rings. The Bertz CT molecular complexity index is 826. The van der Waals surface area contributed by atoms with E-state index < -0.39 is 0 Å². The standard InChI is InChI=1S/C20H21N3OS/c21-13-17-16-5-1-2-6-18(16)25-20(17)22-19(24)14-7-9-15(10-8-14)23-11-3-4-12-23/h7-10H,1-6,11-12H2,(H,22,24). The second-order valence-corrected chi connectivity index (χ2v) is 7.83. The van der Waals surface area contributed by atoms with Crippen LogP contribution in [-0.4, -0.2) is 19.0 Å². The third-order valence-corrected chi connectivity index (χ3v) is 6.32. The molecule has 1 aliphatic carbocycles. The number of hydrogen-bond donors (Lipinski definition) is 1. The zero-order valence-electron chi connectivity index (χ0n) is 14.2. The minimum Gasteiger partial charge on any atom is -0.372 e. The van der Waals surface area contributed by atoms with Gasteiger partial charge in [-0.3, -0.25) is 4.79 Å². The van der Waals surface area contributed by atoms with E-state index in [1.807, 2.05) is 24.3 Å². The van der Waals surface area contributed by atoms with Crippen LogP contribution in [0.3, 0.4) is 0 Å². The fourth-order valence-corrected chi connectivity index (χ4v) is 4.98. The number of carbonyl (C=O) groups excluding carboxylic acids is 1. The zero-order valence-corrected chi connectivity index (χ0v) is 15.0. The molecule has 0 saturated carbocycles. The maximum Gasteiger partial charge on any atom is 0.256 e. The fraction of sp³-hybridized carbons (Fsp3) is 0.400. The molecule has 0 atom stereocenters. The molecule has 1 N–H and O–H groups in total. The molecule has 2 aromatic rings. The van der Waals surface area contributed by atoms with Crippen molar-refractivity contribution in [1.82, 2.24) is 0 Å². The van der Waals surface area contributed by atoms with E-state index >= 15 is 0 Å². The van der Waals surface area contributed by atoms with Crippen LogP contribution in [0.4, 0.5) is 10.7 Å². The number of anilines is 2. The number of thiophene rings is 1. The minimum absolute atomic E-state index is 0.136. The van der Waals surface area contributed by atoms with Crippen molar-refractivity contribution in [2.24, 2.45) is 0 Å². The highest BCUT2D eigenvalue weighted by Crippen LogP contribution is 2.37. The van der Waals surface area contributed by atoms with Crippen molar-refractivity contribution < 1.29 is 4.79 Å². The van der Waals surface area contributed by atoms with Crippen molar-refractivity contribution in [3.8, 4) is 6.07 Å². The summed E-state index contributed by atoms with van der Waals surface area (Å²) in [6.45, 7) is 2.19. The molecule has 1 fully saturated rings. The number of fused-ring (bicyclic) bond motifs is 1. The lowest BCUT2D eigenvalue weighted by Crippen LogP contribution is -2.18. The third kappa shape index (κ3) is 3.14. The van der Waals surface area contributed by atoms with Crippen LogP contribution in [0.15, 0.2) is 24.3 Å². The Labute approximate surface area is 152 Å². The molecule has 4 rings (SSSR count). The summed E-state index contributed by atoms with van der Waals surface area (Å²) < 4.78 is 0. The Kier molecular flexibility index (Phi) is 4.46. The van der Waals surface area contributed by atoms with E-state index in [9.17, 15) is 10.1 Å². The van der Waals surface area contributed by atoms with Crippen molar-refractivity contribution in [2.45, 2.75) is 38.5 Å². The van der Waals surface area contributed by atoms with Crippen molar-refractivity contribution in [1.29, 1.82) is 5.26 Å². The molecule has 1 aliphatic heterocycles. The second kappa shape index (κ2) is 6.89. The first-order chi connectivity index (χ1) is 12.3. The summed E-state index contributed by atoms with van der Waals surface area (Å²) >= 11 is 1.57. The number of nitrogens with zero attached hydrogens (tertiary/aromatic N) is 2. The maximum atomic E-state index is 12.6. The highest BCUT2D eigenvalue weighted by molar-refractivity contribution is 7.16. The number of nitrogens with one attached hydrogen (secondary N) is 1. The van der Waals surface area contributed by atoms with Crippen LogP contribution >= 0.6 is 11.3 Å². The molecule has 25 heavy (non-hydrogen) atoms. The van der Waals surface area contributed by atoms with Crippen molar-refractivity contribution >= 4 is 27.9 Å². The number of nitriles is 1. The highest BCUT2D eigenvalue weighted by atomic mass is 32.1. The quantitative estimate of drug-likeness (QED) is 0.894. The lowest BCUT2D eigenvalue weighted by atomic mass is 9.96. The lowest BCUT2D eigenvalue weighted by molar-refractivity contribution is 0.102. The van der Waals surface area contributed by atoms with Gasteiger partial charge in [0.1, 0.15) is 11.1 Å². The van der Waals surface area contributed by atoms with E-state index in [4.69, 9.17) is 0 Å². The monoisotopic (exact) mass is 351 g/mol. The molecule has 0 spiro atoms. The SMILES string of the molecule is N#Cc1c(NC(=O)c2ccc(N3CCCC3)cc2)sc2c1CCCC2. The molecule has 0 bridgehead atoms. The van der Waals surface area contributed by atoms with Gasteiger partial charge >= 0.3 is 0 Å². The van der Waals surface area contributed by atoms with Crippen molar-refractivity contribution in [3.05, 3.63) is 45.8 Å². The van der Waals surface area contributed by atoms with Gasteiger partial charge in [-0.05, 0) is 68.4 Å². The average Bonchev–Trinajstić information content (AvgIpc) is 3.29. The van der Waals surface area contributed by atoms with Gasteiger partial charge in [-0.25, -0.2) is 0 Å². The highest BCUT2D eigenvalue weighted by Gasteiger charge is 2.22. The summed E-state index contributed by atoms with van der Waals surface area (Å²) in [5, 5.41) is 13.2. The topological polar surface area (TPSA) is 56.1 Å². The van der Waals surface area contributed by atoms with Crippen LogP contribution in [0.1, 0.15) is 52.0 Å². The molecule has 2 heterocycles. The lowest BCUT2D eigenvalue weighted by Gasteiger charge is -2.17. The molecule has 128 valence electrons. The number of carbonyl (C=O) groups is 1. The molecule has 4 nitrogen and oxygen atoms in total. The van der Waals surface area contributed by atoms with Gasteiger partial charge in [0.25, 0.3) is 5.91 Å². The smallest absolute Gasteiger partial charge is 0.256 e. The van der Waals surface area contributed by atoms with E-state index in [1.54, 1.807) is 11.3 Å². The van der Waals surface area contributed by atoms with Gasteiger partial charge in [0.2, 0.25) is 0 Å². The Morgan fingerprint density at radius 1 is 1.08 bits per heavy atom. The summed E-state index contributed by atoms with van der Waals surface area (Å²) in [7, 11) is 0. The molecule has 1 aromatic heterocycles. The Morgan fingerprint density at radius 3 is 2.52 bits per heavy atom. The summed E-state index contributed by atoms with van der Waals surface area (Å²) in [6, 6.07) is 10.1. The zero-order chi connectivity index (χ0) is 17.2. The first kappa shape index (κ1) is 16.2. The van der Waals surface area contributed by atoms with Gasteiger partial charge in [-0.2, -0.15) is 5.26 Å². The molecular weight excluding hydrogens is 330 g/mol. The maximum absolute atomic E-state index is 12.6. The van der Waals surface area contributed by atoms with Gasteiger partial charge in [0, 0.05) is 29.2 Å². The molecule has 0 unspecified atom stereocenters. The third-order valence-electron chi connectivity index (χ3n) is 5.11. The van der Waals surface area contributed by atoms with Gasteiger partial charge in [-0.15, -0.1) is 11.3 Å². The van der Waals surface area contributed by atoms with Crippen LogP contribution in [0, 0.1) is 11.3 Å². The summed E-state index contributed by atoms with van der Waals surface area (Å²) in [5.41, 5.74) is 3.64. The second-order valence-electron chi connectivity index (χ2n) is 6.72. The van der Waals surface area contributed by atoms with E-state index in [-0.39, 0.29) is 5.91 Å². The van der Waals surface area contributed by atoms with Gasteiger partial charge < -0.3 is 10.2 Å². The molecule has 1 saturated heterocycles. The Balaban J connectivity index is 1.52. The van der Waals surface area contributed by atoms with Crippen molar-refractivity contribution in [2.75, 3.05) is 23.3 Å². The summed E-state index contributed by atoms with van der Waals surface area (Å²) in [4.78, 5) is 16.2. The molecule has 1 amide bonds. The number of hydrogen-bond acceptors (Lipinski definition) is 4. The van der Waals surface area contributed by atoms with Gasteiger partial charge in [-0.1, -0.05) is 0 Å². The molecule has 0 radical (unpaired) electrons. The summed E-state index contributed by atoms with van der Waals surface area (Å²) in [6.07, 6.45) is 6.75. The van der Waals surface area contributed by atoms with Gasteiger partial charge in [0.15, 0.2) is 0 Å². The molecule has 5 heteroatoms. The number of rotatable bonds is 3. The first-order valence-corrected chi connectivity index (χ1v) is 9.79. The normalized spacial score (nSPS) is 16.4. The Morgan fingerprint density at radius 2 is 1.80 bits per heavy atom. The van der Waals surface area contributed by atoms with Crippen LogP contribution < -0.4 is 10.2 Å². The van der Waals surface area contributed by atoms with Crippen LogP contribution in [0.2, 0.25) is 0 Å². The molecule has 1 aromatic carbocycles. The number of amides is 1. The average molecular weight is 351 g/mol. The van der Waals surface area contributed by atoms with Gasteiger partial charge in [0.05, 0.1) is 5.56 Å². The van der Waals surface area contributed by atoms with Crippen LogP contribution in [-0.2, 0) is 12.8 Å². The first-order valence-electron chi connectivity index (χ1n) is 8.97. The minimum atomic E-state index is -0.136. The Hall–Kier alpha value is -2.32. The predicted molar refractivity (Wildman–Crippen MR) is 102 cm³/mol. The van der Waals surface area contributed by atoms with Crippen molar-refractivity contribution in [3.63, 3.8) is 0 Å². The van der Waals surface area contributed by atoms with E-state index in [0.29, 0.717) is 16.1 Å². The fourth-order valence-electron chi connectivity index (χ4n) is 3.75. The van der Waals surface area contributed by atoms with E-state index in [1.165, 1.54) is 29.8 Å². The number of benzene rings is 1. The van der Waals surface area contributed by atoms with Crippen LogP contribution in [0.25, 0.3) is 0 Å². The predicted octanol–water partition coefficient (Wildman–Crippen LogP) is 4.35. The van der Waals surface area contributed by atoms with Crippen LogP contribution in [0.5, 0.6) is 0 Å². The largest absolute Gasteiger partial charge is 0.372 e.